The Kier molecular flexibility index (Phi) is 3.91. The maximum absolute atomic E-state index is 9.37. The molecule has 0 aromatic carbocycles. The van der Waals surface area contributed by atoms with Crippen LogP contribution < -0.4 is 0 Å². The van der Waals surface area contributed by atoms with Gasteiger partial charge in [-0.05, 0) is 6.08 Å². The molecular weight excluding hydrogens is 80.0 g/mol. The van der Waals surface area contributed by atoms with Crippen LogP contribution in [0.5, 0.6) is 0 Å². The molecule has 0 aliphatic heterocycles. The minimum Gasteiger partial charge on any atom is -0.392 e. The molecule has 0 heterocycles. The first-order chi connectivity index (χ1) is 2.91. The molecule has 34 valence electrons. The van der Waals surface area contributed by atoms with Gasteiger partial charge in [-0.2, -0.15) is 0 Å². The van der Waals surface area contributed by atoms with Crippen molar-refractivity contribution in [2.75, 3.05) is 6.61 Å². The van der Waals surface area contributed by atoms with Gasteiger partial charge in [-0.1, -0.05) is 6.08 Å². The van der Waals surface area contributed by atoms with E-state index in [1.165, 1.54) is 12.2 Å². The predicted octanol–water partition coefficient (Wildman–Crippen LogP) is -0.266. The minimum absolute atomic E-state index is 0.0568. The van der Waals surface area contributed by atoms with Crippen molar-refractivity contribution in [2.24, 2.45) is 0 Å². The lowest BCUT2D eigenvalue weighted by atomic mass is 10.5. The van der Waals surface area contributed by atoms with Gasteiger partial charge in [0.05, 0.1) is 6.61 Å². The van der Waals surface area contributed by atoms with E-state index >= 15 is 0 Å². The Morgan fingerprint density at radius 1 is 1.67 bits per heavy atom. The summed E-state index contributed by atoms with van der Waals surface area (Å²) in [5.74, 6) is 0. The van der Waals surface area contributed by atoms with Gasteiger partial charge in [0, 0.05) is 0 Å². The number of carbonyl (C=O) groups excluding carboxylic acids is 1. The highest BCUT2D eigenvalue weighted by Crippen LogP contribution is 1.59. The summed E-state index contributed by atoms with van der Waals surface area (Å²) in [5, 5.41) is 7.95. The fourth-order valence-corrected chi connectivity index (χ4v) is 0.116. The first kappa shape index (κ1) is 5.37. The fourth-order valence-electron chi connectivity index (χ4n) is 0.116. The topological polar surface area (TPSA) is 37.3 Å². The molecule has 1 N–H and O–H groups in total. The third-order valence-corrected chi connectivity index (χ3v) is 0.320. The molecule has 2 nitrogen and oxygen atoms in total. The molecule has 0 aromatic rings. The summed E-state index contributed by atoms with van der Waals surface area (Å²) in [6.07, 6.45) is 3.24. The normalized spacial score (nSPS) is 9.50. The van der Waals surface area contributed by atoms with Gasteiger partial charge in [0.15, 0.2) is 0 Å². The highest BCUT2D eigenvalue weighted by molar-refractivity contribution is 5.64. The number of hydrogen-bond donors (Lipinski definition) is 1. The zero-order chi connectivity index (χ0) is 4.83. The minimum atomic E-state index is -0.0568. The van der Waals surface area contributed by atoms with Gasteiger partial charge in [0.1, 0.15) is 6.29 Å². The van der Waals surface area contributed by atoms with E-state index in [9.17, 15) is 4.79 Å². The van der Waals surface area contributed by atoms with Gasteiger partial charge in [0.25, 0.3) is 0 Å². The van der Waals surface area contributed by atoms with E-state index in [0.717, 1.165) is 0 Å². The van der Waals surface area contributed by atoms with Crippen molar-refractivity contribution in [3.05, 3.63) is 12.2 Å². The summed E-state index contributed by atoms with van der Waals surface area (Å²) in [6.45, 7) is -0.0568. The zero-order valence-corrected chi connectivity index (χ0v) is 3.29. The van der Waals surface area contributed by atoms with Gasteiger partial charge in [-0.3, -0.25) is 4.79 Å². The summed E-state index contributed by atoms with van der Waals surface area (Å²) >= 11 is 0. The Labute approximate surface area is 36.1 Å². The Morgan fingerprint density at radius 3 is 2.50 bits per heavy atom. The van der Waals surface area contributed by atoms with Crippen molar-refractivity contribution >= 4 is 6.29 Å². The highest BCUT2D eigenvalue weighted by atomic mass is 16.2. The van der Waals surface area contributed by atoms with Crippen LogP contribution in [0.4, 0.5) is 0 Å². The molecule has 2 heteroatoms. The molecule has 0 atom stereocenters. The second-order valence-electron chi connectivity index (χ2n) is 0.747. The van der Waals surface area contributed by atoms with E-state index in [4.69, 9.17) is 5.11 Å². The number of hydrogen-bond acceptors (Lipinski definition) is 2. The molecule has 0 rings (SSSR count). The molecule has 0 radical (unpaired) electrons. The molecule has 0 aliphatic rings. The van der Waals surface area contributed by atoms with Crippen LogP contribution in [0, 0.1) is 0 Å². The smallest absolute Gasteiger partial charge is 0.142 e. The number of aliphatic hydroxyl groups is 1. The van der Waals surface area contributed by atoms with Crippen LogP contribution in [0.2, 0.25) is 0 Å². The summed E-state index contributed by atoms with van der Waals surface area (Å²) < 4.78 is 0. The van der Waals surface area contributed by atoms with Crippen LogP contribution in [0.1, 0.15) is 0 Å². The molecule has 0 amide bonds. The van der Waals surface area contributed by atoms with Gasteiger partial charge < -0.3 is 5.11 Å². The number of carbonyl (C=O) groups is 1. The molecule has 0 spiro atoms. The molecule has 0 fully saturated rings. The van der Waals surface area contributed by atoms with Crippen molar-refractivity contribution in [3.63, 3.8) is 0 Å². The lowest BCUT2D eigenvalue weighted by Crippen LogP contribution is -1.69. The fraction of sp³-hybridized carbons (Fsp3) is 0.250. The Balaban J connectivity index is 2.94. The summed E-state index contributed by atoms with van der Waals surface area (Å²) in [4.78, 5) is 9.37. The average molecular weight is 86.1 g/mol. The molecule has 6 heavy (non-hydrogen) atoms. The van der Waals surface area contributed by atoms with Crippen molar-refractivity contribution in [1.29, 1.82) is 0 Å². The SMILES string of the molecule is O=C/C=C\CO. The van der Waals surface area contributed by atoms with Crippen molar-refractivity contribution in [1.82, 2.24) is 0 Å². The van der Waals surface area contributed by atoms with Crippen molar-refractivity contribution in [2.45, 2.75) is 0 Å². The standard InChI is InChI=1S/C4H6O2/c5-3-1-2-4-6/h1-3,6H,4H2/b2-1-. The van der Waals surface area contributed by atoms with Gasteiger partial charge in [-0.25, -0.2) is 0 Å². The van der Waals surface area contributed by atoms with Crippen LogP contribution in [-0.2, 0) is 4.79 Å². The van der Waals surface area contributed by atoms with Gasteiger partial charge in [0.2, 0.25) is 0 Å². The molecular formula is C4H6O2. The first-order valence-corrected chi connectivity index (χ1v) is 1.63. The largest absolute Gasteiger partial charge is 0.392 e. The van der Waals surface area contributed by atoms with Crippen LogP contribution in [0.3, 0.4) is 0 Å². The van der Waals surface area contributed by atoms with Crippen LogP contribution >= 0.6 is 0 Å². The van der Waals surface area contributed by atoms with E-state index in [1.54, 1.807) is 0 Å². The van der Waals surface area contributed by atoms with Crippen molar-refractivity contribution < 1.29 is 9.90 Å². The number of rotatable bonds is 2. The van der Waals surface area contributed by atoms with E-state index in [0.29, 0.717) is 6.29 Å². The van der Waals surface area contributed by atoms with E-state index < -0.39 is 0 Å². The number of aliphatic hydroxyl groups excluding tert-OH is 1. The van der Waals surface area contributed by atoms with Crippen LogP contribution in [0.25, 0.3) is 0 Å². The molecule has 0 bridgehead atoms. The lowest BCUT2D eigenvalue weighted by molar-refractivity contribution is -0.104. The Hall–Kier alpha value is -0.630. The quantitative estimate of drug-likeness (QED) is 0.371. The summed E-state index contributed by atoms with van der Waals surface area (Å²) in [7, 11) is 0. The van der Waals surface area contributed by atoms with Crippen LogP contribution in [0.15, 0.2) is 12.2 Å². The third-order valence-electron chi connectivity index (χ3n) is 0.320. The van der Waals surface area contributed by atoms with Crippen LogP contribution in [-0.4, -0.2) is 18.0 Å². The second kappa shape index (κ2) is 4.37. The van der Waals surface area contributed by atoms with Gasteiger partial charge >= 0.3 is 0 Å². The highest BCUT2D eigenvalue weighted by Gasteiger charge is 1.59. The maximum Gasteiger partial charge on any atom is 0.142 e. The molecule has 0 aliphatic carbocycles. The Morgan fingerprint density at radius 2 is 2.33 bits per heavy atom. The maximum atomic E-state index is 9.37. The lowest BCUT2D eigenvalue weighted by Gasteiger charge is -1.66. The number of aldehydes is 1. The third kappa shape index (κ3) is 3.37. The van der Waals surface area contributed by atoms with E-state index in [-0.39, 0.29) is 6.61 Å². The molecule has 0 saturated heterocycles. The first-order valence-electron chi connectivity index (χ1n) is 1.63. The van der Waals surface area contributed by atoms with Crippen molar-refractivity contribution in [3.8, 4) is 0 Å². The van der Waals surface area contributed by atoms with E-state index in [2.05, 4.69) is 0 Å². The van der Waals surface area contributed by atoms with Gasteiger partial charge in [-0.15, -0.1) is 0 Å². The predicted molar refractivity (Wildman–Crippen MR) is 22.3 cm³/mol. The summed E-state index contributed by atoms with van der Waals surface area (Å²) in [6, 6.07) is 0. The van der Waals surface area contributed by atoms with E-state index in [1.807, 2.05) is 0 Å². The Bertz CT molecular complexity index is 56.6. The summed E-state index contributed by atoms with van der Waals surface area (Å²) in [5.41, 5.74) is 0. The monoisotopic (exact) mass is 86.0 g/mol. The average Bonchev–Trinajstić information content (AvgIpc) is 1.61. The zero-order valence-electron chi connectivity index (χ0n) is 3.29. The number of allylic oxidation sites excluding steroid dienone is 1. The molecule has 0 saturated carbocycles. The second-order valence-corrected chi connectivity index (χ2v) is 0.747. The molecule has 0 unspecified atom stereocenters. The molecule has 0 aromatic heterocycles.